The number of nitrogens with one attached hydrogen (secondary N) is 1. The largest absolute Gasteiger partial charge is 0.353 e. The molecule has 120 valence electrons. The van der Waals surface area contributed by atoms with Gasteiger partial charge in [-0.25, -0.2) is 4.98 Å². The van der Waals surface area contributed by atoms with Crippen LogP contribution in [0.5, 0.6) is 0 Å². The van der Waals surface area contributed by atoms with Gasteiger partial charge in [-0.15, -0.1) is 0 Å². The molecule has 1 fully saturated rings. The molecule has 23 heavy (non-hydrogen) atoms. The predicted octanol–water partition coefficient (Wildman–Crippen LogP) is 3.22. The highest BCUT2D eigenvalue weighted by Crippen LogP contribution is 2.19. The van der Waals surface area contributed by atoms with Gasteiger partial charge >= 0.3 is 0 Å². The van der Waals surface area contributed by atoms with Crippen molar-refractivity contribution < 1.29 is 0 Å². The summed E-state index contributed by atoms with van der Waals surface area (Å²) in [5.41, 5.74) is 3.63. The molecule has 0 spiro atoms. The van der Waals surface area contributed by atoms with Gasteiger partial charge in [0.15, 0.2) is 5.11 Å². The van der Waals surface area contributed by atoms with Crippen LogP contribution in [0.3, 0.4) is 0 Å². The van der Waals surface area contributed by atoms with Crippen LogP contribution in [0, 0.1) is 13.8 Å². The van der Waals surface area contributed by atoms with Gasteiger partial charge in [-0.1, -0.05) is 18.2 Å². The second-order valence-corrected chi connectivity index (χ2v) is 6.23. The number of hydrogen-bond donors (Lipinski definition) is 1. The fourth-order valence-corrected chi connectivity index (χ4v) is 3.05. The van der Waals surface area contributed by atoms with Gasteiger partial charge in [0.2, 0.25) is 0 Å². The molecule has 0 saturated carbocycles. The highest BCUT2D eigenvalue weighted by Gasteiger charge is 2.20. The zero-order valence-corrected chi connectivity index (χ0v) is 14.4. The molecule has 0 unspecified atom stereocenters. The molecule has 4 nitrogen and oxygen atoms in total. The van der Waals surface area contributed by atoms with Crippen LogP contribution in [-0.2, 0) is 0 Å². The van der Waals surface area contributed by atoms with Crippen LogP contribution in [0.2, 0.25) is 0 Å². The van der Waals surface area contributed by atoms with Crippen molar-refractivity contribution in [1.29, 1.82) is 0 Å². The van der Waals surface area contributed by atoms with E-state index in [9.17, 15) is 0 Å². The number of rotatable bonds is 2. The number of thiocarbonyl (C=S) groups is 1. The first-order valence-corrected chi connectivity index (χ1v) is 8.34. The summed E-state index contributed by atoms with van der Waals surface area (Å²) in [4.78, 5) is 8.96. The molecule has 3 rings (SSSR count). The Morgan fingerprint density at radius 2 is 1.83 bits per heavy atom. The zero-order valence-electron chi connectivity index (χ0n) is 13.6. The topological polar surface area (TPSA) is 31.4 Å². The summed E-state index contributed by atoms with van der Waals surface area (Å²) < 4.78 is 0. The van der Waals surface area contributed by atoms with Gasteiger partial charge in [0.1, 0.15) is 5.82 Å². The molecule has 1 aromatic heterocycles. The number of aromatic nitrogens is 1. The minimum Gasteiger partial charge on any atom is -0.353 e. The van der Waals surface area contributed by atoms with Crippen molar-refractivity contribution in [2.45, 2.75) is 13.8 Å². The van der Waals surface area contributed by atoms with Crippen molar-refractivity contribution in [3.05, 3.63) is 53.7 Å². The molecule has 2 aromatic rings. The van der Waals surface area contributed by atoms with Crippen molar-refractivity contribution in [2.24, 2.45) is 0 Å². The Labute approximate surface area is 143 Å². The van der Waals surface area contributed by atoms with Crippen LogP contribution in [0.25, 0.3) is 0 Å². The molecule has 5 heteroatoms. The maximum Gasteiger partial charge on any atom is 0.173 e. The van der Waals surface area contributed by atoms with Gasteiger partial charge in [-0.05, 0) is 55.4 Å². The second-order valence-electron chi connectivity index (χ2n) is 5.84. The number of piperazine rings is 1. The van der Waals surface area contributed by atoms with Gasteiger partial charge in [0, 0.05) is 38.1 Å². The molecule has 2 heterocycles. The number of aryl methyl sites for hydroxylation is 1. The molecule has 0 bridgehead atoms. The Morgan fingerprint density at radius 3 is 2.52 bits per heavy atom. The average molecular weight is 326 g/mol. The van der Waals surface area contributed by atoms with E-state index in [4.69, 9.17) is 12.2 Å². The van der Waals surface area contributed by atoms with E-state index in [0.717, 1.165) is 42.8 Å². The van der Waals surface area contributed by atoms with Crippen LogP contribution < -0.4 is 10.2 Å². The molecule has 1 aliphatic heterocycles. The van der Waals surface area contributed by atoms with E-state index < -0.39 is 0 Å². The minimum atomic E-state index is 0.805. The number of nitrogens with zero attached hydrogens (tertiary/aromatic N) is 3. The van der Waals surface area contributed by atoms with Crippen LogP contribution in [0.4, 0.5) is 11.5 Å². The Morgan fingerprint density at radius 1 is 1.04 bits per heavy atom. The summed E-state index contributed by atoms with van der Waals surface area (Å²) in [6, 6.07) is 12.3. The number of pyridine rings is 1. The summed E-state index contributed by atoms with van der Waals surface area (Å²) in [7, 11) is 0. The van der Waals surface area contributed by atoms with E-state index in [1.807, 2.05) is 18.3 Å². The lowest BCUT2D eigenvalue weighted by atomic mass is 10.1. The SMILES string of the molecule is Cc1cccc(NC(=S)N2CCN(c3ccccn3)CC2)c1C. The Kier molecular flexibility index (Phi) is 4.76. The molecule has 0 amide bonds. The van der Waals surface area contributed by atoms with E-state index in [-0.39, 0.29) is 0 Å². The lowest BCUT2D eigenvalue weighted by Crippen LogP contribution is -2.50. The minimum absolute atomic E-state index is 0.805. The predicted molar refractivity (Wildman–Crippen MR) is 100 cm³/mol. The number of hydrogen-bond acceptors (Lipinski definition) is 3. The van der Waals surface area contributed by atoms with Gasteiger partial charge in [-0.3, -0.25) is 0 Å². The normalized spacial score (nSPS) is 14.7. The number of anilines is 2. The van der Waals surface area contributed by atoms with Crippen LogP contribution in [0.1, 0.15) is 11.1 Å². The summed E-state index contributed by atoms with van der Waals surface area (Å²) in [6.07, 6.45) is 1.84. The highest BCUT2D eigenvalue weighted by atomic mass is 32.1. The van der Waals surface area contributed by atoms with Gasteiger partial charge in [0.25, 0.3) is 0 Å². The molecular formula is C18H22N4S. The van der Waals surface area contributed by atoms with E-state index >= 15 is 0 Å². The maximum atomic E-state index is 5.59. The van der Waals surface area contributed by atoms with Crippen molar-refractivity contribution in [3.63, 3.8) is 0 Å². The monoisotopic (exact) mass is 326 g/mol. The zero-order chi connectivity index (χ0) is 16.2. The van der Waals surface area contributed by atoms with Crippen molar-refractivity contribution >= 4 is 28.8 Å². The first kappa shape index (κ1) is 15.7. The fraction of sp³-hybridized carbons (Fsp3) is 0.333. The van der Waals surface area contributed by atoms with Crippen LogP contribution in [-0.4, -0.2) is 41.2 Å². The van der Waals surface area contributed by atoms with E-state index in [2.05, 4.69) is 58.2 Å². The van der Waals surface area contributed by atoms with E-state index in [0.29, 0.717) is 0 Å². The fourth-order valence-electron chi connectivity index (χ4n) is 2.76. The van der Waals surface area contributed by atoms with Crippen LogP contribution in [0.15, 0.2) is 42.6 Å². The molecule has 0 radical (unpaired) electrons. The standard InChI is InChI=1S/C18H22N4S/c1-14-6-5-7-16(15(14)2)20-18(23)22-12-10-21(11-13-22)17-8-3-4-9-19-17/h3-9H,10-13H2,1-2H3,(H,20,23). The molecule has 1 aromatic carbocycles. The van der Waals surface area contributed by atoms with Crippen LogP contribution >= 0.6 is 12.2 Å². The summed E-state index contributed by atoms with van der Waals surface area (Å²) >= 11 is 5.59. The van der Waals surface area contributed by atoms with Crippen molar-refractivity contribution in [1.82, 2.24) is 9.88 Å². The van der Waals surface area contributed by atoms with E-state index in [1.54, 1.807) is 0 Å². The molecular weight excluding hydrogens is 304 g/mol. The Hall–Kier alpha value is -2.14. The Bertz CT molecular complexity index is 679. The molecule has 1 N–H and O–H groups in total. The maximum absolute atomic E-state index is 5.59. The lowest BCUT2D eigenvalue weighted by molar-refractivity contribution is 0.389. The molecule has 1 saturated heterocycles. The summed E-state index contributed by atoms with van der Waals surface area (Å²) in [5.74, 6) is 1.04. The van der Waals surface area contributed by atoms with Crippen molar-refractivity contribution in [2.75, 3.05) is 36.4 Å². The highest BCUT2D eigenvalue weighted by molar-refractivity contribution is 7.80. The third kappa shape index (κ3) is 3.62. The van der Waals surface area contributed by atoms with Gasteiger partial charge in [-0.2, -0.15) is 0 Å². The molecule has 1 aliphatic rings. The number of benzene rings is 1. The van der Waals surface area contributed by atoms with Crippen molar-refractivity contribution in [3.8, 4) is 0 Å². The average Bonchev–Trinajstić information content (AvgIpc) is 2.60. The van der Waals surface area contributed by atoms with Gasteiger partial charge < -0.3 is 15.1 Å². The third-order valence-corrected chi connectivity index (χ3v) is 4.75. The molecule has 0 atom stereocenters. The lowest BCUT2D eigenvalue weighted by Gasteiger charge is -2.36. The third-order valence-electron chi connectivity index (χ3n) is 4.39. The second kappa shape index (κ2) is 6.96. The van der Waals surface area contributed by atoms with E-state index in [1.165, 1.54) is 11.1 Å². The summed E-state index contributed by atoms with van der Waals surface area (Å²) in [6.45, 7) is 7.94. The van der Waals surface area contributed by atoms with Gasteiger partial charge in [0.05, 0.1) is 0 Å². The first-order valence-electron chi connectivity index (χ1n) is 7.93. The quantitative estimate of drug-likeness (QED) is 0.857. The smallest absolute Gasteiger partial charge is 0.173 e. The Balaban J connectivity index is 1.59. The summed E-state index contributed by atoms with van der Waals surface area (Å²) in [5, 5.41) is 4.20. The first-order chi connectivity index (χ1) is 11.1. The molecule has 0 aliphatic carbocycles.